The van der Waals surface area contributed by atoms with Gasteiger partial charge in [0, 0.05) is 17.1 Å². The minimum atomic E-state index is -5.20. The predicted octanol–water partition coefficient (Wildman–Crippen LogP) is -7.24. The molecule has 0 fully saturated rings. The fourth-order valence-corrected chi connectivity index (χ4v) is 8.86. The fraction of sp³-hybridized carbons (Fsp3) is 0. The van der Waals surface area contributed by atoms with E-state index in [4.69, 9.17) is 44.1 Å². The van der Waals surface area contributed by atoms with Gasteiger partial charge < -0.3 is 31.6 Å². The third-order valence-electron chi connectivity index (χ3n) is 7.91. The molecule has 0 saturated heterocycles. The number of fused-ring (bicyclic) bond motifs is 4. The molecule has 0 unspecified atom stereocenters. The van der Waals surface area contributed by atoms with E-state index in [1.165, 1.54) is 24.3 Å². The molecule has 0 bridgehead atoms. The number of benzene rings is 5. The first-order valence-electron chi connectivity index (χ1n) is 14.8. The Bertz CT molecular complexity index is 3230. The van der Waals surface area contributed by atoms with Crippen molar-refractivity contribution in [1.29, 1.82) is 0 Å². The van der Waals surface area contributed by atoms with Crippen molar-refractivity contribution in [2.75, 3.05) is 22.1 Å². The molecular formula is C30H20Cl2N6Na4O14S4+4. The molecular weight excluding hydrogens is 959 g/mol. The predicted molar refractivity (Wildman–Crippen MR) is 199 cm³/mol. The zero-order valence-corrected chi connectivity index (χ0v) is 43.9. The number of hydrogen-bond donors (Lipinski definition) is 8. The zero-order chi connectivity index (χ0) is 40.9. The molecule has 0 spiro atoms. The Morgan fingerprint density at radius 3 is 1.57 bits per heavy atom. The molecule has 5 aromatic carbocycles. The van der Waals surface area contributed by atoms with Crippen LogP contribution in [0.15, 0.2) is 90.2 Å². The summed E-state index contributed by atoms with van der Waals surface area (Å²) in [5.74, 6) is -1.96. The summed E-state index contributed by atoms with van der Waals surface area (Å²) in [6, 6.07) is 11.0. The van der Waals surface area contributed by atoms with Gasteiger partial charge in [-0.3, -0.25) is 18.2 Å². The normalized spacial score (nSPS) is 12.5. The molecule has 0 aliphatic carbocycles. The van der Waals surface area contributed by atoms with Gasteiger partial charge in [0.15, 0.2) is 27.9 Å². The van der Waals surface area contributed by atoms with Crippen LogP contribution in [0.3, 0.4) is 0 Å². The number of hydrogen-bond acceptors (Lipinski definition) is 16. The van der Waals surface area contributed by atoms with Crippen LogP contribution in [-0.2, 0) is 40.5 Å². The number of halogens is 2. The molecule has 0 aromatic heterocycles. The Kier molecular flexibility index (Phi) is 16.9. The topological polar surface area (TPSA) is 337 Å². The number of rotatable bonds is 8. The van der Waals surface area contributed by atoms with Crippen LogP contribution in [0.1, 0.15) is 0 Å². The molecule has 0 radical (unpaired) electrons. The molecule has 2 aliphatic rings. The minimum absolute atomic E-state index is 0. The molecule has 60 heavy (non-hydrogen) atoms. The molecule has 292 valence electrons. The van der Waals surface area contributed by atoms with E-state index in [1.807, 2.05) is 0 Å². The monoisotopic (exact) mass is 978 g/mol. The standard InChI is InChI=1S/C30H20Cl2N6O14S4.4Na/c31-22-24-29(52-27-16(37-24)5-6-17(30(27)56(48,49)50)35-12-2-3-14(34)19(9-12)53(39,40)41)23(32)25-28(22)51-26-18(38-25)8-13(10-21(26)55(45,46)47)36-15-4-1-11(33)7-20(15)54(42,43)44;;;;/h1-10,35-36H,33-34H2,(H,39,40,41)(H,42,43,44)(H,45,46,47)(H,48,49,50);;;;/q;4*+1. The Hall–Kier alpha value is -1.28. The maximum atomic E-state index is 12.8. The maximum Gasteiger partial charge on any atom is 1.00 e. The molecule has 5 aromatic rings. The summed E-state index contributed by atoms with van der Waals surface area (Å²) in [6.45, 7) is 0. The van der Waals surface area contributed by atoms with E-state index in [0.717, 1.165) is 36.4 Å². The van der Waals surface area contributed by atoms with Gasteiger partial charge in [-0.25, -0.2) is 9.98 Å². The van der Waals surface area contributed by atoms with Gasteiger partial charge in [0.2, 0.25) is 0 Å². The summed E-state index contributed by atoms with van der Waals surface area (Å²) in [5.41, 5.74) is 9.46. The summed E-state index contributed by atoms with van der Waals surface area (Å²) >= 11 is 13.4. The van der Waals surface area contributed by atoms with Crippen LogP contribution < -0.4 is 161 Å². The quantitative estimate of drug-likeness (QED) is 0.0398. The maximum absolute atomic E-state index is 12.8. The van der Waals surface area contributed by atoms with E-state index in [0.29, 0.717) is 0 Å². The van der Waals surface area contributed by atoms with Gasteiger partial charge in [0.05, 0.1) is 17.1 Å². The largest absolute Gasteiger partial charge is 1.00 e. The Morgan fingerprint density at radius 2 is 1.02 bits per heavy atom. The number of nitrogen functional groups attached to an aromatic ring is 2. The second kappa shape index (κ2) is 19.1. The molecule has 0 atom stereocenters. The van der Waals surface area contributed by atoms with Crippen LogP contribution in [0.25, 0.3) is 0 Å². The van der Waals surface area contributed by atoms with E-state index < -0.39 is 87.3 Å². The first kappa shape index (κ1) is 53.1. The minimum Gasteiger partial charge on any atom is -0.450 e. The van der Waals surface area contributed by atoms with Gasteiger partial charge in [-0.05, 0) is 60.7 Å². The third kappa shape index (κ3) is 10.5. The van der Waals surface area contributed by atoms with Gasteiger partial charge in [-0.1, -0.05) is 23.2 Å². The van der Waals surface area contributed by atoms with Crippen LogP contribution in [-0.4, -0.2) is 51.9 Å². The Morgan fingerprint density at radius 1 is 0.517 bits per heavy atom. The van der Waals surface area contributed by atoms with Crippen LogP contribution >= 0.6 is 23.2 Å². The number of anilines is 6. The van der Waals surface area contributed by atoms with Crippen LogP contribution in [0.4, 0.5) is 45.5 Å². The molecule has 20 nitrogen and oxygen atoms in total. The average molecular weight is 980 g/mol. The van der Waals surface area contributed by atoms with E-state index in [9.17, 15) is 51.9 Å². The summed E-state index contributed by atoms with van der Waals surface area (Å²) in [6.07, 6.45) is 0. The van der Waals surface area contributed by atoms with Crippen molar-refractivity contribution in [1.82, 2.24) is 0 Å². The van der Waals surface area contributed by atoms with Crippen molar-refractivity contribution < 1.29 is 180 Å². The second-order valence-electron chi connectivity index (χ2n) is 11.7. The molecule has 30 heteroatoms. The first-order chi connectivity index (χ1) is 25.9. The van der Waals surface area contributed by atoms with Crippen molar-refractivity contribution in [2.24, 2.45) is 9.98 Å². The number of ether oxygens (including phenoxy) is 2. The SMILES string of the molecule is Nc1ccc(Nc2cc3c(c(S(=O)(=O)O)c2)Oc2c(Cl)c4c(c(Cl)c2=N3)Oc2c(ccc(Nc3ccc(N)c(S(=O)(=O)O)c3)c2S(=O)(=O)O)N=4)c(S(=O)(=O)O)c1.[Na+].[Na+].[Na+].[Na+]. The van der Waals surface area contributed by atoms with Crippen LogP contribution in [0, 0.1) is 0 Å². The van der Waals surface area contributed by atoms with Crippen LogP contribution in [0.2, 0.25) is 10.0 Å². The third-order valence-corrected chi connectivity index (χ3v) is 12.2. The van der Waals surface area contributed by atoms with E-state index in [2.05, 4.69) is 20.6 Å². The fourth-order valence-electron chi connectivity index (χ4n) is 5.59. The summed E-state index contributed by atoms with van der Waals surface area (Å²) in [7, 11) is -20.0. The number of nitrogens with zero attached hydrogens (tertiary/aromatic N) is 2. The molecule has 10 N–H and O–H groups in total. The van der Waals surface area contributed by atoms with Crippen LogP contribution in [0.5, 0.6) is 23.0 Å². The molecule has 0 amide bonds. The van der Waals surface area contributed by atoms with Gasteiger partial charge >= 0.3 is 118 Å². The number of nitrogens with two attached hydrogens (primary N) is 2. The number of nitrogens with one attached hydrogen (secondary N) is 2. The molecule has 7 rings (SSSR count). The summed E-state index contributed by atoms with van der Waals surface area (Å²) < 4.78 is 150. The molecule has 2 aliphatic heterocycles. The first-order valence-corrected chi connectivity index (χ1v) is 21.4. The second-order valence-corrected chi connectivity index (χ2v) is 18.0. The average Bonchev–Trinajstić information content (AvgIpc) is 3.08. The Balaban J connectivity index is 0.00000240. The molecule has 0 saturated carbocycles. The van der Waals surface area contributed by atoms with Gasteiger partial charge in [-0.2, -0.15) is 33.7 Å². The van der Waals surface area contributed by atoms with Gasteiger partial charge in [0.25, 0.3) is 40.5 Å². The van der Waals surface area contributed by atoms with Crippen molar-refractivity contribution in [3.05, 3.63) is 81.4 Å². The van der Waals surface area contributed by atoms with Crippen molar-refractivity contribution in [3.63, 3.8) is 0 Å². The zero-order valence-electron chi connectivity index (χ0n) is 31.1. The van der Waals surface area contributed by atoms with Crippen molar-refractivity contribution in [2.45, 2.75) is 19.6 Å². The van der Waals surface area contributed by atoms with Gasteiger partial charge in [-0.15, -0.1) is 0 Å². The van der Waals surface area contributed by atoms with Crippen molar-refractivity contribution >= 4 is 109 Å². The summed E-state index contributed by atoms with van der Waals surface area (Å²) in [5, 5.41) is 3.81. The van der Waals surface area contributed by atoms with Gasteiger partial charge in [0.1, 0.15) is 46.8 Å². The van der Waals surface area contributed by atoms with Crippen molar-refractivity contribution in [3.8, 4) is 23.0 Å². The smallest absolute Gasteiger partial charge is 0.450 e. The molecule has 2 heterocycles. The van der Waals surface area contributed by atoms with E-state index >= 15 is 0 Å². The van der Waals surface area contributed by atoms with E-state index in [-0.39, 0.29) is 180 Å². The summed E-state index contributed by atoms with van der Waals surface area (Å²) in [4.78, 5) is 5.52. The van der Waals surface area contributed by atoms with E-state index in [1.54, 1.807) is 0 Å². The Labute approximate surface area is 438 Å².